The third-order valence-electron chi connectivity index (χ3n) is 4.93. The Morgan fingerprint density at radius 1 is 0.897 bits per heavy atom. The summed E-state index contributed by atoms with van der Waals surface area (Å²) in [7, 11) is 1.67. The van der Waals surface area contributed by atoms with Gasteiger partial charge in [0.05, 0.1) is 36.1 Å². The third-order valence-corrected chi connectivity index (χ3v) is 4.93. The predicted molar refractivity (Wildman–Crippen MR) is 124 cm³/mol. The van der Waals surface area contributed by atoms with E-state index in [-0.39, 0.29) is 17.8 Å². The molecule has 0 unspecified atom stereocenters. The summed E-state index contributed by atoms with van der Waals surface area (Å²) in [6.45, 7) is 6.63. The predicted octanol–water partition coefficient (Wildman–Crippen LogP) is 6.64. The van der Waals surface area contributed by atoms with Crippen molar-refractivity contribution >= 4 is 35.2 Å². The summed E-state index contributed by atoms with van der Waals surface area (Å²) >= 11 is 0. The number of para-hydroxylation sites is 1. The van der Waals surface area contributed by atoms with Crippen LogP contribution >= 0.6 is 12.4 Å². The van der Waals surface area contributed by atoms with Crippen LogP contribution in [0.4, 0.5) is 5.69 Å². The number of fused-ring (bicyclic) bond motifs is 1. The van der Waals surface area contributed by atoms with Gasteiger partial charge < -0.3 is 14.7 Å². The summed E-state index contributed by atoms with van der Waals surface area (Å²) in [5.41, 5.74) is 6.30. The SMILES string of the molecule is COc1cc(-c2cc3ccccc3[nH]2)[nH]c1C=Nc1ccc(C(C)(C)C)cc1.Cl. The molecule has 2 N–H and O–H groups in total. The van der Waals surface area contributed by atoms with Crippen molar-refractivity contribution in [3.05, 3.63) is 71.9 Å². The molecule has 4 rings (SSSR count). The number of rotatable bonds is 4. The van der Waals surface area contributed by atoms with Crippen molar-refractivity contribution in [1.82, 2.24) is 9.97 Å². The highest BCUT2D eigenvalue weighted by molar-refractivity contribution is 5.88. The van der Waals surface area contributed by atoms with E-state index in [9.17, 15) is 0 Å². The van der Waals surface area contributed by atoms with Crippen molar-refractivity contribution in [3.63, 3.8) is 0 Å². The summed E-state index contributed by atoms with van der Waals surface area (Å²) < 4.78 is 5.54. The minimum absolute atomic E-state index is 0. The fourth-order valence-electron chi connectivity index (χ4n) is 3.27. The zero-order valence-corrected chi connectivity index (χ0v) is 17.9. The number of halogens is 1. The van der Waals surface area contributed by atoms with Crippen LogP contribution in [0.3, 0.4) is 0 Å². The number of nitrogens with one attached hydrogen (secondary N) is 2. The largest absolute Gasteiger partial charge is 0.494 e. The lowest BCUT2D eigenvalue weighted by Gasteiger charge is -2.18. The molecule has 0 saturated carbocycles. The maximum atomic E-state index is 5.54. The number of ether oxygens (including phenoxy) is 1. The van der Waals surface area contributed by atoms with Gasteiger partial charge >= 0.3 is 0 Å². The van der Waals surface area contributed by atoms with Crippen LogP contribution in [0, 0.1) is 0 Å². The van der Waals surface area contributed by atoms with E-state index in [2.05, 4.69) is 66.1 Å². The molecule has 4 aromatic rings. The van der Waals surface area contributed by atoms with E-state index in [4.69, 9.17) is 4.74 Å². The Bertz CT molecular complexity index is 1100. The highest BCUT2D eigenvalue weighted by Gasteiger charge is 2.13. The molecule has 0 spiro atoms. The molecular weight excluding hydrogens is 382 g/mol. The molecule has 0 saturated heterocycles. The summed E-state index contributed by atoms with van der Waals surface area (Å²) in [5, 5.41) is 1.18. The van der Waals surface area contributed by atoms with E-state index in [1.165, 1.54) is 10.9 Å². The molecule has 2 heterocycles. The Morgan fingerprint density at radius 2 is 1.59 bits per heavy atom. The summed E-state index contributed by atoms with van der Waals surface area (Å²) in [4.78, 5) is 11.5. The normalized spacial score (nSPS) is 11.7. The van der Waals surface area contributed by atoms with E-state index >= 15 is 0 Å². The second-order valence-corrected chi connectivity index (χ2v) is 7.99. The number of aromatic nitrogens is 2. The van der Waals surface area contributed by atoms with Crippen LogP contribution in [-0.4, -0.2) is 23.3 Å². The first-order valence-electron chi connectivity index (χ1n) is 9.44. The van der Waals surface area contributed by atoms with E-state index in [0.717, 1.165) is 34.0 Å². The first kappa shape index (κ1) is 20.7. The van der Waals surface area contributed by atoms with Crippen LogP contribution in [0.15, 0.2) is 65.7 Å². The number of hydrogen-bond acceptors (Lipinski definition) is 2. The first-order valence-corrected chi connectivity index (χ1v) is 9.44. The average molecular weight is 408 g/mol. The van der Waals surface area contributed by atoms with Crippen LogP contribution in [-0.2, 0) is 5.41 Å². The molecule has 2 aromatic heterocycles. The standard InChI is InChI=1S/C24H25N3O.ClH/c1-24(2,3)17-9-11-18(12-10-17)25-15-22-23(28-4)14-21(27-22)20-13-16-7-5-6-8-19(16)26-20;/h5-15,26-27H,1-4H3;1H. The van der Waals surface area contributed by atoms with Gasteiger partial charge in [0, 0.05) is 17.0 Å². The maximum absolute atomic E-state index is 5.54. The van der Waals surface area contributed by atoms with Gasteiger partial charge in [0.25, 0.3) is 0 Å². The fourth-order valence-corrected chi connectivity index (χ4v) is 3.27. The molecule has 5 heteroatoms. The van der Waals surface area contributed by atoms with Gasteiger partial charge in [-0.2, -0.15) is 0 Å². The van der Waals surface area contributed by atoms with Crippen molar-refractivity contribution in [1.29, 1.82) is 0 Å². The molecule has 29 heavy (non-hydrogen) atoms. The molecule has 0 amide bonds. The summed E-state index contributed by atoms with van der Waals surface area (Å²) in [6, 6.07) is 20.7. The molecule has 2 aromatic carbocycles. The number of aromatic amines is 2. The van der Waals surface area contributed by atoms with Gasteiger partial charge in [-0.1, -0.05) is 51.1 Å². The molecule has 0 aliphatic heterocycles. The molecule has 0 fully saturated rings. The highest BCUT2D eigenvalue weighted by atomic mass is 35.5. The number of benzene rings is 2. The Balaban J connectivity index is 0.00000240. The van der Waals surface area contributed by atoms with E-state index in [1.807, 2.05) is 36.5 Å². The minimum atomic E-state index is 0. The van der Waals surface area contributed by atoms with Gasteiger partial charge in [0.1, 0.15) is 5.75 Å². The van der Waals surface area contributed by atoms with Crippen LogP contribution < -0.4 is 4.74 Å². The molecule has 4 nitrogen and oxygen atoms in total. The van der Waals surface area contributed by atoms with Crippen LogP contribution in [0.2, 0.25) is 0 Å². The summed E-state index contributed by atoms with van der Waals surface area (Å²) in [5.74, 6) is 0.767. The molecule has 150 valence electrons. The van der Waals surface area contributed by atoms with Crippen molar-refractivity contribution in [2.45, 2.75) is 26.2 Å². The molecular formula is C24H26ClN3O. The molecule has 0 aliphatic carbocycles. The first-order chi connectivity index (χ1) is 13.4. The minimum Gasteiger partial charge on any atom is -0.494 e. The summed E-state index contributed by atoms with van der Waals surface area (Å²) in [6.07, 6.45) is 1.82. The lowest BCUT2D eigenvalue weighted by molar-refractivity contribution is 0.415. The van der Waals surface area contributed by atoms with E-state index in [1.54, 1.807) is 7.11 Å². The van der Waals surface area contributed by atoms with Gasteiger partial charge in [-0.15, -0.1) is 12.4 Å². The molecule has 0 radical (unpaired) electrons. The Morgan fingerprint density at radius 3 is 2.24 bits per heavy atom. The number of H-pyrrole nitrogens is 2. The smallest absolute Gasteiger partial charge is 0.146 e. The maximum Gasteiger partial charge on any atom is 0.146 e. The number of methoxy groups -OCH3 is 1. The average Bonchev–Trinajstić information content (AvgIpc) is 3.29. The molecule has 0 bridgehead atoms. The van der Waals surface area contributed by atoms with Gasteiger partial charge in [-0.25, -0.2) is 0 Å². The Hall–Kier alpha value is -2.98. The molecule has 0 aliphatic rings. The number of hydrogen-bond donors (Lipinski definition) is 2. The van der Waals surface area contributed by atoms with Gasteiger partial charge in [0.2, 0.25) is 0 Å². The number of aliphatic imine (C=N–C) groups is 1. The van der Waals surface area contributed by atoms with Crippen molar-refractivity contribution in [2.75, 3.05) is 7.11 Å². The Labute approximate surface area is 177 Å². The zero-order valence-electron chi connectivity index (χ0n) is 17.1. The monoisotopic (exact) mass is 407 g/mol. The molecule has 0 atom stereocenters. The fraction of sp³-hybridized carbons (Fsp3) is 0.208. The van der Waals surface area contributed by atoms with Crippen molar-refractivity contribution < 1.29 is 4.74 Å². The van der Waals surface area contributed by atoms with Crippen molar-refractivity contribution in [3.8, 4) is 17.1 Å². The van der Waals surface area contributed by atoms with Gasteiger partial charge in [0.15, 0.2) is 0 Å². The van der Waals surface area contributed by atoms with Crippen LogP contribution in [0.25, 0.3) is 22.3 Å². The highest BCUT2D eigenvalue weighted by Crippen LogP contribution is 2.29. The second kappa shape index (κ2) is 8.18. The van der Waals surface area contributed by atoms with E-state index < -0.39 is 0 Å². The number of nitrogens with zero attached hydrogens (tertiary/aromatic N) is 1. The Kier molecular flexibility index (Phi) is 5.85. The lowest BCUT2D eigenvalue weighted by atomic mass is 9.87. The van der Waals surface area contributed by atoms with Gasteiger partial charge in [-0.3, -0.25) is 4.99 Å². The van der Waals surface area contributed by atoms with Crippen LogP contribution in [0.1, 0.15) is 32.0 Å². The topological polar surface area (TPSA) is 53.2 Å². The lowest BCUT2D eigenvalue weighted by Crippen LogP contribution is -2.10. The zero-order chi connectivity index (χ0) is 19.7. The quantitative estimate of drug-likeness (QED) is 0.366. The van der Waals surface area contributed by atoms with Crippen molar-refractivity contribution in [2.24, 2.45) is 4.99 Å². The van der Waals surface area contributed by atoms with Crippen LogP contribution in [0.5, 0.6) is 5.75 Å². The van der Waals surface area contributed by atoms with E-state index in [0.29, 0.717) is 0 Å². The second-order valence-electron chi connectivity index (χ2n) is 7.99. The van der Waals surface area contributed by atoms with Gasteiger partial charge in [-0.05, 0) is 35.2 Å². The third kappa shape index (κ3) is 4.38.